The summed E-state index contributed by atoms with van der Waals surface area (Å²) in [6.45, 7) is 2.95. The van der Waals surface area contributed by atoms with E-state index >= 15 is 0 Å². The van der Waals surface area contributed by atoms with Gasteiger partial charge in [-0.1, -0.05) is 6.92 Å². The van der Waals surface area contributed by atoms with Gasteiger partial charge in [0.2, 0.25) is 5.92 Å². The third kappa shape index (κ3) is 5.45. The van der Waals surface area contributed by atoms with Gasteiger partial charge in [-0.15, -0.1) is 0 Å². The molecule has 31 heavy (non-hydrogen) atoms. The van der Waals surface area contributed by atoms with Crippen LogP contribution >= 0.6 is 0 Å². The van der Waals surface area contributed by atoms with Crippen LogP contribution in [0.25, 0.3) is 0 Å². The molecule has 0 spiro atoms. The first kappa shape index (κ1) is 23.9. The van der Waals surface area contributed by atoms with Gasteiger partial charge in [0, 0.05) is 5.92 Å². The summed E-state index contributed by atoms with van der Waals surface area (Å²) < 4.78 is 56.0. The summed E-state index contributed by atoms with van der Waals surface area (Å²) in [5, 5.41) is 0. The number of hydrogen-bond acceptors (Lipinski definition) is 0. The second-order valence-corrected chi connectivity index (χ2v) is 12.0. The highest BCUT2D eigenvalue weighted by atomic mass is 19.3. The molecule has 0 amide bonds. The van der Waals surface area contributed by atoms with Crippen molar-refractivity contribution in [1.29, 1.82) is 0 Å². The van der Waals surface area contributed by atoms with Crippen molar-refractivity contribution in [2.24, 2.45) is 47.3 Å². The molecule has 0 saturated heterocycles. The summed E-state index contributed by atoms with van der Waals surface area (Å²) in [5.41, 5.74) is 0. The summed E-state index contributed by atoms with van der Waals surface area (Å²) in [5.74, 6) is 0.295. The standard InChI is InChI=1S/C27H44F4/c1-17-3-16-24(26(29)25(17)28)22-10-8-20(9-11-22)18-4-6-19(7-5-18)21-12-14-23(15-13-21)27(2,30)31/h17-26H,3-16H2,1-2H3. The van der Waals surface area contributed by atoms with Crippen LogP contribution in [0.15, 0.2) is 0 Å². The number of halogens is 4. The van der Waals surface area contributed by atoms with Gasteiger partial charge in [0.05, 0.1) is 0 Å². The molecule has 0 radical (unpaired) electrons. The van der Waals surface area contributed by atoms with Gasteiger partial charge in [-0.3, -0.25) is 0 Å². The first-order chi connectivity index (χ1) is 14.7. The first-order valence-electron chi connectivity index (χ1n) is 13.4. The summed E-state index contributed by atoms with van der Waals surface area (Å²) in [6.07, 6.45) is 12.3. The Morgan fingerprint density at radius 1 is 0.516 bits per heavy atom. The van der Waals surface area contributed by atoms with Crippen LogP contribution in [0.1, 0.15) is 104 Å². The minimum absolute atomic E-state index is 0.0477. The normalized spacial score (nSPS) is 47.8. The number of hydrogen-bond donors (Lipinski definition) is 0. The molecule has 4 aliphatic carbocycles. The van der Waals surface area contributed by atoms with Crippen molar-refractivity contribution in [1.82, 2.24) is 0 Å². The van der Waals surface area contributed by atoms with Gasteiger partial charge in [-0.25, -0.2) is 17.6 Å². The van der Waals surface area contributed by atoms with Crippen molar-refractivity contribution < 1.29 is 17.6 Å². The van der Waals surface area contributed by atoms with E-state index in [0.29, 0.717) is 24.7 Å². The van der Waals surface area contributed by atoms with Crippen molar-refractivity contribution in [3.63, 3.8) is 0 Å². The van der Waals surface area contributed by atoms with Crippen LogP contribution in [0.5, 0.6) is 0 Å². The highest BCUT2D eigenvalue weighted by Crippen LogP contribution is 2.49. The lowest BCUT2D eigenvalue weighted by Crippen LogP contribution is -2.41. The third-order valence-electron chi connectivity index (χ3n) is 10.3. The number of alkyl halides is 4. The van der Waals surface area contributed by atoms with E-state index in [4.69, 9.17) is 0 Å². The second kappa shape index (κ2) is 9.92. The predicted octanol–water partition coefficient (Wildman–Crippen LogP) is 8.78. The second-order valence-electron chi connectivity index (χ2n) is 12.0. The maximum absolute atomic E-state index is 14.6. The summed E-state index contributed by atoms with van der Waals surface area (Å²) >= 11 is 0. The lowest BCUT2D eigenvalue weighted by molar-refractivity contribution is -0.0622. The van der Waals surface area contributed by atoms with E-state index in [1.807, 2.05) is 6.92 Å². The van der Waals surface area contributed by atoms with Gasteiger partial charge < -0.3 is 0 Å². The van der Waals surface area contributed by atoms with E-state index in [1.54, 1.807) is 0 Å². The quantitative estimate of drug-likeness (QED) is 0.380. The molecule has 0 aromatic rings. The summed E-state index contributed by atoms with van der Waals surface area (Å²) in [7, 11) is 0. The average molecular weight is 445 g/mol. The molecular formula is C27H44F4. The Labute approximate surface area is 187 Å². The SMILES string of the molecule is CC1CCC(C2CCC(C3CCC(C4CCC(C(C)(F)F)CC4)CC3)CC2)C(F)C1F. The molecule has 0 nitrogen and oxygen atoms in total. The van der Waals surface area contributed by atoms with Crippen LogP contribution in [0.4, 0.5) is 17.6 Å². The molecule has 180 valence electrons. The third-order valence-corrected chi connectivity index (χ3v) is 10.3. The Balaban J connectivity index is 1.19. The van der Waals surface area contributed by atoms with Gasteiger partial charge in [0.1, 0.15) is 12.3 Å². The van der Waals surface area contributed by atoms with Gasteiger partial charge in [-0.2, -0.15) is 0 Å². The van der Waals surface area contributed by atoms with Crippen molar-refractivity contribution in [3.05, 3.63) is 0 Å². The Morgan fingerprint density at radius 3 is 1.32 bits per heavy atom. The Bertz CT molecular complexity index is 548. The smallest absolute Gasteiger partial charge is 0.244 e. The van der Waals surface area contributed by atoms with Crippen LogP contribution in [0.3, 0.4) is 0 Å². The van der Waals surface area contributed by atoms with E-state index in [9.17, 15) is 17.6 Å². The Kier molecular flexibility index (Phi) is 7.63. The lowest BCUT2D eigenvalue weighted by atomic mass is 9.62. The fourth-order valence-corrected chi connectivity index (χ4v) is 8.05. The van der Waals surface area contributed by atoms with Crippen molar-refractivity contribution in [2.75, 3.05) is 0 Å². The minimum atomic E-state index is -2.51. The largest absolute Gasteiger partial charge is 0.248 e. The van der Waals surface area contributed by atoms with Crippen LogP contribution in [0.2, 0.25) is 0 Å². The fraction of sp³-hybridized carbons (Fsp3) is 1.00. The van der Waals surface area contributed by atoms with Crippen molar-refractivity contribution in [3.8, 4) is 0 Å². The van der Waals surface area contributed by atoms with E-state index in [-0.39, 0.29) is 11.8 Å². The first-order valence-corrected chi connectivity index (χ1v) is 13.4. The molecule has 0 bridgehead atoms. The van der Waals surface area contributed by atoms with E-state index in [2.05, 4.69) is 0 Å². The van der Waals surface area contributed by atoms with Crippen molar-refractivity contribution >= 4 is 0 Å². The van der Waals surface area contributed by atoms with Crippen molar-refractivity contribution in [2.45, 2.75) is 122 Å². The summed E-state index contributed by atoms with van der Waals surface area (Å²) in [6, 6.07) is 0. The predicted molar refractivity (Wildman–Crippen MR) is 119 cm³/mol. The average Bonchev–Trinajstić information content (AvgIpc) is 2.77. The van der Waals surface area contributed by atoms with Crippen LogP contribution in [0, 0.1) is 47.3 Å². The van der Waals surface area contributed by atoms with Crippen LogP contribution < -0.4 is 0 Å². The van der Waals surface area contributed by atoms with Crippen LogP contribution in [-0.2, 0) is 0 Å². The molecule has 0 aromatic heterocycles. The highest BCUT2D eigenvalue weighted by molar-refractivity contribution is 4.93. The van der Waals surface area contributed by atoms with E-state index < -0.39 is 24.2 Å². The lowest BCUT2D eigenvalue weighted by Gasteiger charge is -2.44. The molecule has 0 N–H and O–H groups in total. The zero-order chi connectivity index (χ0) is 22.2. The number of rotatable bonds is 4. The molecule has 0 aromatic carbocycles. The molecule has 4 aliphatic rings. The van der Waals surface area contributed by atoms with Gasteiger partial charge in [0.15, 0.2) is 0 Å². The van der Waals surface area contributed by atoms with E-state index in [1.165, 1.54) is 38.5 Å². The van der Waals surface area contributed by atoms with Gasteiger partial charge in [-0.05, 0) is 138 Å². The molecule has 4 fully saturated rings. The minimum Gasteiger partial charge on any atom is -0.244 e. The molecule has 4 rings (SSSR count). The zero-order valence-electron chi connectivity index (χ0n) is 19.7. The Morgan fingerprint density at radius 2 is 0.903 bits per heavy atom. The Hall–Kier alpha value is -0.280. The van der Waals surface area contributed by atoms with Gasteiger partial charge >= 0.3 is 0 Å². The van der Waals surface area contributed by atoms with E-state index in [0.717, 1.165) is 63.2 Å². The molecular weight excluding hydrogens is 400 g/mol. The highest BCUT2D eigenvalue weighted by Gasteiger charge is 2.44. The molecule has 4 saturated carbocycles. The van der Waals surface area contributed by atoms with Gasteiger partial charge in [0.25, 0.3) is 0 Å². The maximum atomic E-state index is 14.6. The monoisotopic (exact) mass is 444 g/mol. The maximum Gasteiger partial charge on any atom is 0.248 e. The zero-order valence-corrected chi connectivity index (χ0v) is 19.7. The van der Waals surface area contributed by atoms with Crippen LogP contribution in [-0.4, -0.2) is 18.3 Å². The topological polar surface area (TPSA) is 0 Å². The fourth-order valence-electron chi connectivity index (χ4n) is 8.05. The molecule has 4 atom stereocenters. The molecule has 4 unspecified atom stereocenters. The summed E-state index contributed by atoms with van der Waals surface area (Å²) in [4.78, 5) is 0. The molecule has 0 heterocycles. The molecule has 4 heteroatoms. The molecule has 0 aliphatic heterocycles.